The smallest absolute Gasteiger partial charge is 0.274 e. The minimum atomic E-state index is 0.0667. The first-order valence-corrected chi connectivity index (χ1v) is 9.66. The monoisotopic (exact) mass is 367 g/mol. The molecule has 4 rings (SSSR count). The highest BCUT2D eigenvalue weighted by Crippen LogP contribution is 2.33. The Morgan fingerprint density at radius 3 is 2.50 bits per heavy atom. The molecule has 1 aliphatic rings. The zero-order chi connectivity index (χ0) is 18.1. The summed E-state index contributed by atoms with van der Waals surface area (Å²) >= 11 is 1.61. The van der Waals surface area contributed by atoms with Crippen LogP contribution >= 0.6 is 11.3 Å². The molecule has 0 bridgehead atoms. The normalized spacial score (nSPS) is 15.4. The fourth-order valence-electron chi connectivity index (χ4n) is 3.29. The lowest BCUT2D eigenvalue weighted by Gasteiger charge is -2.31. The number of rotatable bonds is 3. The molecule has 1 amide bonds. The summed E-state index contributed by atoms with van der Waals surface area (Å²) < 4.78 is 7.34. The van der Waals surface area contributed by atoms with Crippen LogP contribution in [0.25, 0.3) is 10.2 Å². The van der Waals surface area contributed by atoms with Crippen molar-refractivity contribution in [3.63, 3.8) is 0 Å². The summed E-state index contributed by atoms with van der Waals surface area (Å²) in [5.74, 6) is 0.0667. The van der Waals surface area contributed by atoms with Crippen LogP contribution in [0.15, 0.2) is 36.7 Å². The maximum atomic E-state index is 12.5. The molecule has 1 fully saturated rings. The zero-order valence-corrected chi connectivity index (χ0v) is 15.8. The van der Waals surface area contributed by atoms with Crippen LogP contribution in [0.5, 0.6) is 5.19 Å². The van der Waals surface area contributed by atoms with Crippen molar-refractivity contribution < 1.29 is 9.53 Å². The lowest BCUT2D eigenvalue weighted by atomic mass is 10.1. The fraction of sp³-hybridized carbons (Fsp3) is 0.350. The predicted octanol–water partition coefficient (Wildman–Crippen LogP) is 3.99. The molecule has 134 valence electrons. The second kappa shape index (κ2) is 7.03. The van der Waals surface area contributed by atoms with E-state index in [9.17, 15) is 4.79 Å². The van der Waals surface area contributed by atoms with Crippen LogP contribution in [0.2, 0.25) is 0 Å². The molecule has 3 aromatic rings. The van der Waals surface area contributed by atoms with Crippen LogP contribution in [0, 0.1) is 13.8 Å². The number of nitrogens with zero attached hydrogens (tertiary/aromatic N) is 3. The number of carbonyl (C=O) groups excluding carboxylic acids is 1. The number of hydrogen-bond donors (Lipinski definition) is 0. The second-order valence-corrected chi connectivity index (χ2v) is 7.66. The summed E-state index contributed by atoms with van der Waals surface area (Å²) in [7, 11) is 0. The van der Waals surface area contributed by atoms with E-state index >= 15 is 0 Å². The van der Waals surface area contributed by atoms with Gasteiger partial charge in [0.05, 0.1) is 10.2 Å². The quantitative estimate of drug-likeness (QED) is 0.702. The summed E-state index contributed by atoms with van der Waals surface area (Å²) in [6.07, 6.45) is 5.06. The van der Waals surface area contributed by atoms with Crippen molar-refractivity contribution in [2.24, 2.45) is 0 Å². The molecule has 0 atom stereocenters. The Kier molecular flexibility index (Phi) is 4.59. The van der Waals surface area contributed by atoms with E-state index in [4.69, 9.17) is 4.74 Å². The molecule has 0 radical (unpaired) electrons. The number of aromatic nitrogens is 2. The van der Waals surface area contributed by atoms with Crippen LogP contribution in [0.1, 0.15) is 34.3 Å². The van der Waals surface area contributed by atoms with Gasteiger partial charge in [0, 0.05) is 43.9 Å². The molecule has 1 aromatic carbocycles. The molecular weight excluding hydrogens is 346 g/mol. The fourth-order valence-corrected chi connectivity index (χ4v) is 4.31. The van der Waals surface area contributed by atoms with Crippen molar-refractivity contribution in [3.8, 4) is 5.19 Å². The Hall–Kier alpha value is -2.47. The predicted molar refractivity (Wildman–Crippen MR) is 103 cm³/mol. The highest BCUT2D eigenvalue weighted by atomic mass is 32.1. The third-order valence-corrected chi connectivity index (χ3v) is 5.93. The SMILES string of the molecule is Cc1ccc(C)c2sc(OC3CCN(C(=O)c4ccncc4)CC3)nc12. The average Bonchev–Trinajstić information content (AvgIpc) is 3.11. The highest BCUT2D eigenvalue weighted by Gasteiger charge is 2.25. The van der Waals surface area contributed by atoms with Crippen molar-refractivity contribution in [1.29, 1.82) is 0 Å². The Bertz CT molecular complexity index is 892. The summed E-state index contributed by atoms with van der Waals surface area (Å²) in [4.78, 5) is 23.0. The number of fused-ring (bicyclic) bond motifs is 1. The molecular formula is C20H21N3O2S. The molecule has 2 aromatic heterocycles. The Labute approximate surface area is 156 Å². The minimum absolute atomic E-state index is 0.0667. The Balaban J connectivity index is 1.41. The third-order valence-electron chi connectivity index (χ3n) is 4.85. The van der Waals surface area contributed by atoms with Crippen molar-refractivity contribution >= 4 is 27.5 Å². The first kappa shape index (κ1) is 17.0. The molecule has 5 nitrogen and oxygen atoms in total. The molecule has 1 saturated heterocycles. The molecule has 3 heterocycles. The number of amides is 1. The van der Waals surface area contributed by atoms with Gasteiger partial charge in [-0.15, -0.1) is 0 Å². The second-order valence-electron chi connectivity index (χ2n) is 6.70. The van der Waals surface area contributed by atoms with E-state index in [1.54, 1.807) is 35.9 Å². The summed E-state index contributed by atoms with van der Waals surface area (Å²) in [5, 5.41) is 0.733. The van der Waals surface area contributed by atoms with Gasteiger partial charge in [-0.05, 0) is 37.1 Å². The van der Waals surface area contributed by atoms with Crippen molar-refractivity contribution in [2.45, 2.75) is 32.8 Å². The van der Waals surface area contributed by atoms with E-state index in [2.05, 4.69) is 35.9 Å². The third kappa shape index (κ3) is 3.29. The van der Waals surface area contributed by atoms with E-state index in [1.165, 1.54) is 15.8 Å². The van der Waals surface area contributed by atoms with Gasteiger partial charge in [0.25, 0.3) is 11.1 Å². The highest BCUT2D eigenvalue weighted by molar-refractivity contribution is 7.20. The topological polar surface area (TPSA) is 55.3 Å². The van der Waals surface area contributed by atoms with Crippen LogP contribution in [-0.2, 0) is 0 Å². The number of likely N-dealkylation sites (tertiary alicyclic amines) is 1. The first-order chi connectivity index (χ1) is 12.6. The Morgan fingerprint density at radius 1 is 1.12 bits per heavy atom. The number of aryl methyl sites for hydroxylation is 2. The largest absolute Gasteiger partial charge is 0.467 e. The van der Waals surface area contributed by atoms with Crippen LogP contribution in [-0.4, -0.2) is 40.0 Å². The minimum Gasteiger partial charge on any atom is -0.467 e. The van der Waals surface area contributed by atoms with Gasteiger partial charge in [-0.25, -0.2) is 4.98 Å². The van der Waals surface area contributed by atoms with Gasteiger partial charge in [-0.2, -0.15) is 0 Å². The van der Waals surface area contributed by atoms with Crippen LogP contribution < -0.4 is 4.74 Å². The van der Waals surface area contributed by atoms with Crippen molar-refractivity contribution in [3.05, 3.63) is 53.3 Å². The van der Waals surface area contributed by atoms with Crippen molar-refractivity contribution in [2.75, 3.05) is 13.1 Å². The van der Waals surface area contributed by atoms with Gasteiger partial charge in [-0.1, -0.05) is 23.5 Å². The van der Waals surface area contributed by atoms with E-state index < -0.39 is 0 Å². The summed E-state index contributed by atoms with van der Waals surface area (Å²) in [6, 6.07) is 7.75. The number of benzene rings is 1. The standard InChI is InChI=1S/C20H21N3O2S/c1-13-3-4-14(2)18-17(13)22-20(26-18)25-16-7-11-23(12-8-16)19(24)15-5-9-21-10-6-15/h3-6,9-10,16H,7-8,11-12H2,1-2H3. The van der Waals surface area contributed by atoms with Gasteiger partial charge >= 0.3 is 0 Å². The molecule has 0 aliphatic carbocycles. The zero-order valence-electron chi connectivity index (χ0n) is 14.9. The van der Waals surface area contributed by atoms with Gasteiger partial charge < -0.3 is 9.64 Å². The molecule has 1 aliphatic heterocycles. The number of thiazole rings is 1. The molecule has 0 unspecified atom stereocenters. The molecule has 26 heavy (non-hydrogen) atoms. The summed E-state index contributed by atoms with van der Waals surface area (Å²) in [5.41, 5.74) is 4.14. The molecule has 0 saturated carbocycles. The number of hydrogen-bond acceptors (Lipinski definition) is 5. The van der Waals surface area contributed by atoms with Crippen LogP contribution in [0.4, 0.5) is 0 Å². The maximum absolute atomic E-state index is 12.5. The molecule has 0 spiro atoms. The summed E-state index contributed by atoms with van der Waals surface area (Å²) in [6.45, 7) is 5.59. The van der Waals surface area contributed by atoms with Crippen LogP contribution in [0.3, 0.4) is 0 Å². The van der Waals surface area contributed by atoms with Gasteiger partial charge in [0.2, 0.25) is 0 Å². The lowest BCUT2D eigenvalue weighted by molar-refractivity contribution is 0.0595. The Morgan fingerprint density at radius 2 is 1.81 bits per heavy atom. The molecule has 0 N–H and O–H groups in total. The number of carbonyl (C=O) groups is 1. The van der Waals surface area contributed by atoms with Gasteiger partial charge in [0.15, 0.2) is 0 Å². The van der Waals surface area contributed by atoms with Gasteiger partial charge in [-0.3, -0.25) is 9.78 Å². The first-order valence-electron chi connectivity index (χ1n) is 8.84. The van der Waals surface area contributed by atoms with E-state index in [1.807, 2.05) is 4.90 Å². The van der Waals surface area contributed by atoms with E-state index in [0.29, 0.717) is 18.7 Å². The average molecular weight is 367 g/mol. The number of pyridine rings is 1. The molecule has 6 heteroatoms. The number of piperidine rings is 1. The lowest BCUT2D eigenvalue weighted by Crippen LogP contribution is -2.41. The van der Waals surface area contributed by atoms with Crippen molar-refractivity contribution in [1.82, 2.24) is 14.9 Å². The maximum Gasteiger partial charge on any atom is 0.274 e. The van der Waals surface area contributed by atoms with E-state index in [-0.39, 0.29) is 12.0 Å². The number of ether oxygens (including phenoxy) is 1. The van der Waals surface area contributed by atoms with Gasteiger partial charge in [0.1, 0.15) is 6.10 Å². The van der Waals surface area contributed by atoms with E-state index in [0.717, 1.165) is 23.6 Å².